The molecular weight excluding hydrogens is 168 g/mol. The summed E-state index contributed by atoms with van der Waals surface area (Å²) in [6, 6.07) is 0. The molecule has 0 radical (unpaired) electrons. The number of hydrogen-bond donors (Lipinski definition) is 0. The highest BCUT2D eigenvalue weighted by Gasteiger charge is 2.07. The van der Waals surface area contributed by atoms with Gasteiger partial charge in [-0.1, -0.05) is 19.8 Å². The molecule has 0 aliphatic rings. The van der Waals surface area contributed by atoms with Crippen molar-refractivity contribution in [3.8, 4) is 12.5 Å². The second kappa shape index (κ2) is 7.90. The highest BCUT2D eigenvalue weighted by molar-refractivity contribution is 4.68. The van der Waals surface area contributed by atoms with E-state index in [0.717, 1.165) is 12.8 Å². The molecule has 76 valence electrons. The van der Waals surface area contributed by atoms with Crippen LogP contribution in [-0.4, -0.2) is 19.2 Å². The van der Waals surface area contributed by atoms with Gasteiger partial charge in [0.1, 0.15) is 6.11 Å². The highest BCUT2D eigenvalue weighted by atomic mass is 16.8. The van der Waals surface area contributed by atoms with Crippen LogP contribution >= 0.6 is 0 Å². The summed E-state index contributed by atoms with van der Waals surface area (Å²) >= 11 is 0. The summed E-state index contributed by atoms with van der Waals surface area (Å²) in [7, 11) is 0. The van der Waals surface area contributed by atoms with E-state index in [1.807, 2.05) is 6.92 Å². The Hall–Kier alpha value is -0.720. The molecule has 3 heteroatoms. The van der Waals surface area contributed by atoms with Crippen LogP contribution < -0.4 is 0 Å². The Labute approximate surface area is 80.4 Å². The van der Waals surface area contributed by atoms with Crippen molar-refractivity contribution in [2.45, 2.75) is 46.2 Å². The molecule has 3 nitrogen and oxygen atoms in total. The maximum Gasteiger partial charge on any atom is 0.209 e. The molecule has 0 saturated heterocycles. The Morgan fingerprint density at radius 3 is 2.54 bits per heavy atom. The maximum atomic E-state index is 5.33. The fourth-order valence-electron chi connectivity index (χ4n) is 0.826. The molecule has 0 saturated carbocycles. The molecule has 0 heterocycles. The Bertz CT molecular complexity index is 151. The largest absolute Gasteiger partial charge is 0.415 e. The van der Waals surface area contributed by atoms with Crippen LogP contribution in [0.3, 0.4) is 0 Å². The van der Waals surface area contributed by atoms with Crippen molar-refractivity contribution in [2.24, 2.45) is 0 Å². The Kier molecular flexibility index (Phi) is 7.47. The molecule has 0 aromatic carbocycles. The second-order valence-electron chi connectivity index (χ2n) is 2.73. The molecule has 0 spiro atoms. The van der Waals surface area contributed by atoms with Crippen molar-refractivity contribution in [1.82, 2.24) is 0 Å². The van der Waals surface area contributed by atoms with Gasteiger partial charge in [-0.2, -0.15) is 0 Å². The van der Waals surface area contributed by atoms with Crippen LogP contribution in [0.2, 0.25) is 0 Å². The molecule has 13 heavy (non-hydrogen) atoms. The van der Waals surface area contributed by atoms with Crippen molar-refractivity contribution >= 4 is 0 Å². The van der Waals surface area contributed by atoms with E-state index in [1.165, 1.54) is 0 Å². The Morgan fingerprint density at radius 1 is 1.31 bits per heavy atom. The first-order valence-corrected chi connectivity index (χ1v) is 4.59. The van der Waals surface area contributed by atoms with E-state index in [-0.39, 0.29) is 6.29 Å². The predicted molar refractivity (Wildman–Crippen MR) is 50.8 cm³/mol. The number of terminal acetylenes is 1. The van der Waals surface area contributed by atoms with E-state index in [1.54, 1.807) is 6.92 Å². The van der Waals surface area contributed by atoms with Crippen molar-refractivity contribution in [3.63, 3.8) is 0 Å². The lowest BCUT2D eigenvalue weighted by Gasteiger charge is -2.17. The quantitative estimate of drug-likeness (QED) is 0.346. The van der Waals surface area contributed by atoms with Gasteiger partial charge < -0.3 is 14.2 Å². The molecule has 2 atom stereocenters. The molecule has 0 fully saturated rings. The van der Waals surface area contributed by atoms with Crippen LogP contribution in [0.5, 0.6) is 0 Å². The molecule has 0 N–H and O–H groups in total. The summed E-state index contributed by atoms with van der Waals surface area (Å²) in [6.45, 7) is 6.38. The van der Waals surface area contributed by atoms with E-state index in [2.05, 4.69) is 13.0 Å². The van der Waals surface area contributed by atoms with Crippen molar-refractivity contribution in [1.29, 1.82) is 0 Å². The van der Waals surface area contributed by atoms with Gasteiger partial charge in [0.05, 0.1) is 0 Å². The van der Waals surface area contributed by atoms with Crippen LogP contribution in [-0.2, 0) is 14.2 Å². The molecule has 2 unspecified atom stereocenters. The maximum absolute atomic E-state index is 5.33. The normalized spacial score (nSPS) is 14.6. The van der Waals surface area contributed by atoms with Crippen molar-refractivity contribution in [3.05, 3.63) is 0 Å². The average Bonchev–Trinajstić information content (AvgIpc) is 2.05. The van der Waals surface area contributed by atoms with Crippen LogP contribution in [0.1, 0.15) is 33.6 Å². The third-order valence-corrected chi connectivity index (χ3v) is 1.47. The van der Waals surface area contributed by atoms with Gasteiger partial charge >= 0.3 is 0 Å². The zero-order valence-corrected chi connectivity index (χ0v) is 8.58. The standard InChI is InChI=1S/C10H18O3/c1-5-7-8-12-10(4)13-9(3)11-6-2/h2,9-10H,5,7-8H2,1,3-4H3. The van der Waals surface area contributed by atoms with Gasteiger partial charge in [-0.25, -0.2) is 0 Å². The number of unbranched alkanes of at least 4 members (excludes halogenated alkanes) is 1. The van der Waals surface area contributed by atoms with Crippen LogP contribution in [0.15, 0.2) is 0 Å². The zero-order valence-electron chi connectivity index (χ0n) is 8.58. The van der Waals surface area contributed by atoms with Crippen LogP contribution in [0, 0.1) is 12.5 Å². The van der Waals surface area contributed by atoms with E-state index >= 15 is 0 Å². The molecular formula is C10H18O3. The van der Waals surface area contributed by atoms with Crippen LogP contribution in [0.25, 0.3) is 0 Å². The Morgan fingerprint density at radius 2 is 2.00 bits per heavy atom. The van der Waals surface area contributed by atoms with E-state index < -0.39 is 6.29 Å². The molecule has 0 rings (SSSR count). The second-order valence-corrected chi connectivity index (χ2v) is 2.73. The summed E-state index contributed by atoms with van der Waals surface area (Å²) < 4.78 is 15.3. The van der Waals surface area contributed by atoms with Gasteiger partial charge in [0, 0.05) is 6.61 Å². The first kappa shape index (κ1) is 12.3. The monoisotopic (exact) mass is 186 g/mol. The SMILES string of the molecule is C#COC(C)OC(C)OCCCC. The van der Waals surface area contributed by atoms with Gasteiger partial charge in [-0.05, 0) is 20.3 Å². The summed E-state index contributed by atoms with van der Waals surface area (Å²) in [4.78, 5) is 0. The van der Waals surface area contributed by atoms with E-state index in [9.17, 15) is 0 Å². The number of ether oxygens (including phenoxy) is 3. The zero-order chi connectivity index (χ0) is 10.1. The van der Waals surface area contributed by atoms with Gasteiger partial charge in [-0.3, -0.25) is 0 Å². The van der Waals surface area contributed by atoms with Gasteiger partial charge in [0.15, 0.2) is 6.29 Å². The summed E-state index contributed by atoms with van der Waals surface area (Å²) in [5, 5.41) is 0. The third-order valence-electron chi connectivity index (χ3n) is 1.47. The van der Waals surface area contributed by atoms with E-state index in [0.29, 0.717) is 6.61 Å². The third kappa shape index (κ3) is 7.63. The van der Waals surface area contributed by atoms with Gasteiger partial charge in [0.25, 0.3) is 0 Å². The minimum Gasteiger partial charge on any atom is -0.415 e. The lowest BCUT2D eigenvalue weighted by Crippen LogP contribution is -2.21. The minimum absolute atomic E-state index is 0.269. The average molecular weight is 186 g/mol. The first-order valence-electron chi connectivity index (χ1n) is 4.59. The first-order chi connectivity index (χ1) is 6.20. The predicted octanol–water partition coefficient (Wildman–Crippen LogP) is 2.12. The molecule has 0 aliphatic heterocycles. The topological polar surface area (TPSA) is 27.7 Å². The van der Waals surface area contributed by atoms with E-state index in [4.69, 9.17) is 20.6 Å². The van der Waals surface area contributed by atoms with Crippen LogP contribution in [0.4, 0.5) is 0 Å². The lowest BCUT2D eigenvalue weighted by molar-refractivity contribution is -0.211. The Balaban J connectivity index is 3.39. The smallest absolute Gasteiger partial charge is 0.209 e. The summed E-state index contributed by atoms with van der Waals surface area (Å²) in [5.41, 5.74) is 0. The fraction of sp³-hybridized carbons (Fsp3) is 0.800. The highest BCUT2D eigenvalue weighted by Crippen LogP contribution is 2.01. The number of hydrogen-bond acceptors (Lipinski definition) is 3. The summed E-state index contributed by atoms with van der Waals surface area (Å²) in [5.74, 6) is 0. The number of rotatable bonds is 7. The molecule has 0 bridgehead atoms. The molecule has 0 aliphatic carbocycles. The molecule has 0 aromatic heterocycles. The minimum atomic E-state index is -0.415. The van der Waals surface area contributed by atoms with Gasteiger partial charge in [0.2, 0.25) is 6.29 Å². The van der Waals surface area contributed by atoms with Crippen molar-refractivity contribution < 1.29 is 14.2 Å². The summed E-state index contributed by atoms with van der Waals surface area (Å²) in [6.07, 6.45) is 8.46. The molecule has 0 amide bonds. The lowest BCUT2D eigenvalue weighted by atomic mass is 10.4. The molecule has 0 aromatic rings. The van der Waals surface area contributed by atoms with Gasteiger partial charge in [-0.15, -0.1) is 0 Å². The fourth-order valence-corrected chi connectivity index (χ4v) is 0.826. The van der Waals surface area contributed by atoms with Crippen molar-refractivity contribution in [2.75, 3.05) is 6.61 Å².